The topological polar surface area (TPSA) is 57.6 Å². The molecule has 1 N–H and O–H groups in total. The van der Waals surface area contributed by atoms with E-state index in [4.69, 9.17) is 5.11 Å². The van der Waals surface area contributed by atoms with Crippen LogP contribution in [0.4, 0.5) is 0 Å². The summed E-state index contributed by atoms with van der Waals surface area (Å²) < 4.78 is 0.941. The zero-order chi connectivity index (χ0) is 11.4. The van der Waals surface area contributed by atoms with E-state index in [1.54, 1.807) is 0 Å². The third kappa shape index (κ3) is 4.01. The van der Waals surface area contributed by atoms with Gasteiger partial charge < -0.3 is 10.0 Å². The fourth-order valence-corrected chi connectivity index (χ4v) is 2.46. The van der Waals surface area contributed by atoms with Crippen molar-refractivity contribution in [1.82, 2.24) is 4.90 Å². The van der Waals surface area contributed by atoms with E-state index in [0.717, 1.165) is 9.35 Å². The molecule has 0 atom stereocenters. The molecule has 0 unspecified atom stereocenters. The van der Waals surface area contributed by atoms with Crippen LogP contribution in [0.1, 0.15) is 4.88 Å². The van der Waals surface area contributed by atoms with Crippen LogP contribution in [0.5, 0.6) is 0 Å². The molecule has 1 aromatic heterocycles. The maximum absolute atomic E-state index is 11.5. The van der Waals surface area contributed by atoms with Gasteiger partial charge in [-0.15, -0.1) is 11.3 Å². The lowest BCUT2D eigenvalue weighted by Crippen LogP contribution is -2.32. The second-order valence-electron chi connectivity index (χ2n) is 3.05. The van der Waals surface area contributed by atoms with Gasteiger partial charge in [-0.25, -0.2) is 0 Å². The molecule has 0 aliphatic carbocycles. The number of carboxylic acids is 1. The van der Waals surface area contributed by atoms with Crippen molar-refractivity contribution in [2.75, 3.05) is 13.6 Å². The minimum absolute atomic E-state index is 0.188. The van der Waals surface area contributed by atoms with Gasteiger partial charge in [0, 0.05) is 21.8 Å². The Morgan fingerprint density at radius 3 is 2.73 bits per heavy atom. The summed E-state index contributed by atoms with van der Waals surface area (Å²) in [7, 11) is 1.49. The maximum atomic E-state index is 11.5. The normalized spacial score (nSPS) is 10.0. The summed E-state index contributed by atoms with van der Waals surface area (Å²) in [5.74, 6) is -1.19. The Morgan fingerprint density at radius 2 is 2.27 bits per heavy atom. The monoisotopic (exact) mass is 291 g/mol. The predicted octanol–water partition coefficient (Wildman–Crippen LogP) is 1.60. The number of carbonyl (C=O) groups is 2. The van der Waals surface area contributed by atoms with Gasteiger partial charge in [0.15, 0.2) is 0 Å². The molecule has 0 bridgehead atoms. The Labute approximate surface area is 99.6 Å². The maximum Gasteiger partial charge on any atom is 0.323 e. The fraction of sp³-hybridized carbons (Fsp3) is 0.333. The summed E-state index contributed by atoms with van der Waals surface area (Å²) >= 11 is 4.76. The molecule has 4 nitrogen and oxygen atoms in total. The molecule has 1 rings (SSSR count). The lowest BCUT2D eigenvalue weighted by atomic mass is 10.3. The number of carbonyl (C=O) groups excluding carboxylic acids is 1. The van der Waals surface area contributed by atoms with Gasteiger partial charge >= 0.3 is 5.97 Å². The molecule has 0 saturated carbocycles. The molecule has 15 heavy (non-hydrogen) atoms. The number of nitrogens with zero attached hydrogens (tertiary/aromatic N) is 1. The van der Waals surface area contributed by atoms with E-state index in [9.17, 15) is 9.59 Å². The van der Waals surface area contributed by atoms with E-state index in [2.05, 4.69) is 15.9 Å². The van der Waals surface area contributed by atoms with Crippen LogP contribution >= 0.6 is 27.3 Å². The lowest BCUT2D eigenvalue weighted by Gasteiger charge is -2.13. The van der Waals surface area contributed by atoms with Crippen LogP contribution in [-0.4, -0.2) is 35.5 Å². The first kappa shape index (κ1) is 12.2. The quantitative estimate of drug-likeness (QED) is 0.917. The Kier molecular flexibility index (Phi) is 4.28. The molecule has 0 saturated heterocycles. The van der Waals surface area contributed by atoms with Crippen molar-refractivity contribution in [2.45, 2.75) is 6.42 Å². The highest BCUT2D eigenvalue weighted by Crippen LogP contribution is 2.20. The minimum atomic E-state index is -1.00. The van der Waals surface area contributed by atoms with E-state index < -0.39 is 5.97 Å². The zero-order valence-electron chi connectivity index (χ0n) is 8.07. The van der Waals surface area contributed by atoms with Crippen LogP contribution in [0.25, 0.3) is 0 Å². The first-order valence-corrected chi connectivity index (χ1v) is 5.85. The van der Waals surface area contributed by atoms with Crippen molar-refractivity contribution in [2.24, 2.45) is 0 Å². The van der Waals surface area contributed by atoms with Crippen molar-refractivity contribution in [3.63, 3.8) is 0 Å². The highest BCUT2D eigenvalue weighted by molar-refractivity contribution is 9.10. The summed E-state index contributed by atoms with van der Waals surface area (Å²) in [4.78, 5) is 24.0. The summed E-state index contributed by atoms with van der Waals surface area (Å²) in [5.41, 5.74) is 0. The van der Waals surface area contributed by atoms with E-state index >= 15 is 0 Å². The highest BCUT2D eigenvalue weighted by Gasteiger charge is 2.13. The molecule has 0 aliphatic heterocycles. The van der Waals surface area contributed by atoms with E-state index in [1.807, 2.05) is 11.4 Å². The molecule has 0 fully saturated rings. The number of carboxylic acid groups (broad SMARTS) is 1. The minimum Gasteiger partial charge on any atom is -0.480 e. The molecule has 82 valence electrons. The van der Waals surface area contributed by atoms with Crippen molar-refractivity contribution in [3.05, 3.63) is 20.8 Å². The van der Waals surface area contributed by atoms with Gasteiger partial charge in [-0.3, -0.25) is 9.59 Å². The molecule has 1 heterocycles. The van der Waals surface area contributed by atoms with Gasteiger partial charge in [0.05, 0.1) is 6.42 Å². The number of hydrogen-bond acceptors (Lipinski definition) is 3. The summed E-state index contributed by atoms with van der Waals surface area (Å²) in [6, 6.07) is 1.86. The van der Waals surface area contributed by atoms with Gasteiger partial charge in [0.2, 0.25) is 5.91 Å². The molecular formula is C9H10BrNO3S. The summed E-state index contributed by atoms with van der Waals surface area (Å²) in [5, 5.41) is 10.4. The average molecular weight is 292 g/mol. The van der Waals surface area contributed by atoms with Crippen molar-refractivity contribution in [3.8, 4) is 0 Å². The van der Waals surface area contributed by atoms with Gasteiger partial charge in [-0.05, 0) is 22.0 Å². The first-order chi connectivity index (χ1) is 6.99. The number of aliphatic carboxylic acids is 1. The Morgan fingerprint density at radius 1 is 1.60 bits per heavy atom. The number of thiophene rings is 1. The average Bonchev–Trinajstić information content (AvgIpc) is 2.50. The second kappa shape index (κ2) is 5.27. The molecule has 1 amide bonds. The zero-order valence-corrected chi connectivity index (χ0v) is 10.5. The van der Waals surface area contributed by atoms with Crippen LogP contribution in [0, 0.1) is 0 Å². The largest absolute Gasteiger partial charge is 0.480 e. The van der Waals surface area contributed by atoms with Crippen LogP contribution in [-0.2, 0) is 16.0 Å². The Bertz CT molecular complexity index is 377. The molecule has 0 aromatic carbocycles. The highest BCUT2D eigenvalue weighted by atomic mass is 79.9. The molecule has 0 aliphatic rings. The van der Waals surface area contributed by atoms with Crippen molar-refractivity contribution < 1.29 is 14.7 Å². The van der Waals surface area contributed by atoms with E-state index in [-0.39, 0.29) is 18.9 Å². The van der Waals surface area contributed by atoms with Crippen LogP contribution in [0.15, 0.2) is 15.9 Å². The van der Waals surface area contributed by atoms with Crippen LogP contribution in [0.3, 0.4) is 0 Å². The summed E-state index contributed by atoms with van der Waals surface area (Å²) in [6.45, 7) is -0.259. The molecule has 1 aromatic rings. The first-order valence-electron chi connectivity index (χ1n) is 4.17. The third-order valence-electron chi connectivity index (χ3n) is 1.75. The van der Waals surface area contributed by atoms with Crippen molar-refractivity contribution >= 4 is 39.1 Å². The summed E-state index contributed by atoms with van der Waals surface area (Å²) in [6.07, 6.45) is 0.250. The molecule has 0 spiro atoms. The SMILES string of the molecule is CN(CC(=O)O)C(=O)Cc1cc(Br)cs1. The van der Waals surface area contributed by atoms with Gasteiger partial charge in [-0.2, -0.15) is 0 Å². The van der Waals surface area contributed by atoms with E-state index in [0.29, 0.717) is 0 Å². The van der Waals surface area contributed by atoms with Crippen LogP contribution in [0.2, 0.25) is 0 Å². The number of rotatable bonds is 4. The number of halogens is 1. The number of amides is 1. The van der Waals surface area contributed by atoms with Crippen LogP contribution < -0.4 is 0 Å². The third-order valence-corrected chi connectivity index (χ3v) is 3.44. The Balaban J connectivity index is 2.52. The Hall–Kier alpha value is -0.880. The molecule has 0 radical (unpaired) electrons. The number of hydrogen-bond donors (Lipinski definition) is 1. The smallest absolute Gasteiger partial charge is 0.323 e. The molecule has 6 heteroatoms. The van der Waals surface area contributed by atoms with Gasteiger partial charge in [-0.1, -0.05) is 0 Å². The predicted molar refractivity (Wildman–Crippen MR) is 61.0 cm³/mol. The fourth-order valence-electron chi connectivity index (χ4n) is 1.02. The van der Waals surface area contributed by atoms with Crippen molar-refractivity contribution in [1.29, 1.82) is 0 Å². The standard InChI is InChI=1S/C9H10BrNO3S/c1-11(4-9(13)14)8(12)3-7-2-6(10)5-15-7/h2,5H,3-4H2,1H3,(H,13,14). The van der Waals surface area contributed by atoms with Gasteiger partial charge in [0.25, 0.3) is 0 Å². The number of likely N-dealkylation sites (N-methyl/N-ethyl adjacent to an activating group) is 1. The van der Waals surface area contributed by atoms with Gasteiger partial charge in [0.1, 0.15) is 6.54 Å². The second-order valence-corrected chi connectivity index (χ2v) is 4.96. The van der Waals surface area contributed by atoms with E-state index in [1.165, 1.54) is 23.3 Å². The lowest BCUT2D eigenvalue weighted by molar-refractivity contribution is -0.143. The molecular weight excluding hydrogens is 282 g/mol.